The van der Waals surface area contributed by atoms with Crippen LogP contribution in [-0.2, 0) is 5.75 Å². The van der Waals surface area contributed by atoms with Crippen molar-refractivity contribution in [1.29, 1.82) is 0 Å². The Bertz CT molecular complexity index is 488. The zero-order valence-electron chi connectivity index (χ0n) is 8.36. The molecule has 82 valence electrons. The molecule has 0 unspecified atom stereocenters. The third kappa shape index (κ3) is 3.14. The largest absolute Gasteiger partial charge is 0.230 e. The van der Waals surface area contributed by atoms with Crippen molar-refractivity contribution in [2.45, 2.75) is 10.8 Å². The van der Waals surface area contributed by atoms with Crippen molar-refractivity contribution in [3.63, 3.8) is 0 Å². The molecule has 1 aromatic heterocycles. The van der Waals surface area contributed by atoms with Crippen molar-refractivity contribution in [3.05, 3.63) is 58.2 Å². The minimum atomic E-state index is 0.518. The van der Waals surface area contributed by atoms with Gasteiger partial charge in [0.2, 0.25) is 0 Å². The molecule has 2 aromatic rings. The van der Waals surface area contributed by atoms with E-state index >= 15 is 0 Å². The summed E-state index contributed by atoms with van der Waals surface area (Å²) in [7, 11) is 0. The van der Waals surface area contributed by atoms with Gasteiger partial charge in [0.25, 0.3) is 0 Å². The van der Waals surface area contributed by atoms with Crippen molar-refractivity contribution in [1.82, 2.24) is 4.98 Å². The molecule has 0 spiro atoms. The zero-order valence-corrected chi connectivity index (χ0v) is 10.7. The average molecular weight is 270 g/mol. The lowest BCUT2D eigenvalue weighted by Crippen LogP contribution is -1.84. The van der Waals surface area contributed by atoms with Gasteiger partial charge in [0.1, 0.15) is 5.15 Å². The number of benzene rings is 1. The van der Waals surface area contributed by atoms with E-state index in [1.54, 1.807) is 17.8 Å². The van der Waals surface area contributed by atoms with E-state index in [1.807, 2.05) is 36.4 Å². The van der Waals surface area contributed by atoms with Crippen molar-refractivity contribution in [2.24, 2.45) is 0 Å². The van der Waals surface area contributed by atoms with Crippen LogP contribution < -0.4 is 0 Å². The third-order valence-electron chi connectivity index (χ3n) is 2.02. The minimum Gasteiger partial charge on any atom is -0.230 e. The van der Waals surface area contributed by atoms with E-state index in [-0.39, 0.29) is 0 Å². The first-order chi connectivity index (χ1) is 7.75. The summed E-state index contributed by atoms with van der Waals surface area (Å²) in [5.74, 6) is 0.799. The van der Waals surface area contributed by atoms with E-state index in [4.69, 9.17) is 23.2 Å². The number of hydrogen-bond acceptors (Lipinski definition) is 2. The Hall–Kier alpha value is -0.700. The molecule has 1 heterocycles. The van der Waals surface area contributed by atoms with E-state index in [1.165, 1.54) is 0 Å². The van der Waals surface area contributed by atoms with Gasteiger partial charge in [-0.25, -0.2) is 4.98 Å². The fourth-order valence-electron chi connectivity index (χ4n) is 1.24. The van der Waals surface area contributed by atoms with Crippen LogP contribution in [0.15, 0.2) is 47.5 Å². The summed E-state index contributed by atoms with van der Waals surface area (Å²) >= 11 is 13.5. The molecule has 0 amide bonds. The van der Waals surface area contributed by atoms with E-state index in [0.717, 1.165) is 21.4 Å². The zero-order chi connectivity index (χ0) is 11.4. The number of rotatable bonds is 3. The average Bonchev–Trinajstić information content (AvgIpc) is 2.28. The summed E-state index contributed by atoms with van der Waals surface area (Å²) in [6.45, 7) is 0. The summed E-state index contributed by atoms with van der Waals surface area (Å²) in [6.07, 6.45) is 0. The van der Waals surface area contributed by atoms with Crippen LogP contribution in [0.25, 0.3) is 0 Å². The normalized spacial score (nSPS) is 10.4. The topological polar surface area (TPSA) is 12.9 Å². The number of nitrogens with zero attached hydrogens (tertiary/aromatic N) is 1. The van der Waals surface area contributed by atoms with E-state index in [9.17, 15) is 0 Å². The summed E-state index contributed by atoms with van der Waals surface area (Å²) < 4.78 is 0. The van der Waals surface area contributed by atoms with Gasteiger partial charge in [-0.05, 0) is 23.8 Å². The number of thioether (sulfide) groups is 1. The van der Waals surface area contributed by atoms with Gasteiger partial charge in [-0.2, -0.15) is 0 Å². The van der Waals surface area contributed by atoms with Crippen LogP contribution in [0.5, 0.6) is 0 Å². The molecule has 1 aromatic carbocycles. The summed E-state index contributed by atoms with van der Waals surface area (Å²) in [6, 6.07) is 13.4. The van der Waals surface area contributed by atoms with Crippen molar-refractivity contribution >= 4 is 35.0 Å². The molecule has 0 atom stereocenters. The van der Waals surface area contributed by atoms with Crippen molar-refractivity contribution < 1.29 is 0 Å². The number of hydrogen-bond donors (Lipinski definition) is 0. The molecule has 2 rings (SSSR count). The van der Waals surface area contributed by atoms with E-state index < -0.39 is 0 Å². The highest BCUT2D eigenvalue weighted by Crippen LogP contribution is 2.25. The van der Waals surface area contributed by atoms with Gasteiger partial charge >= 0.3 is 0 Å². The van der Waals surface area contributed by atoms with Crippen LogP contribution in [0, 0.1) is 0 Å². The lowest BCUT2D eigenvalue weighted by atomic mass is 10.2. The molecule has 0 fully saturated rings. The monoisotopic (exact) mass is 269 g/mol. The Balaban J connectivity index is 2.05. The highest BCUT2D eigenvalue weighted by atomic mass is 35.5. The highest BCUT2D eigenvalue weighted by molar-refractivity contribution is 7.98. The third-order valence-corrected chi connectivity index (χ3v) is 3.58. The molecule has 0 bridgehead atoms. The van der Waals surface area contributed by atoms with Crippen LogP contribution in [-0.4, -0.2) is 4.98 Å². The molecule has 16 heavy (non-hydrogen) atoms. The summed E-state index contributed by atoms with van der Waals surface area (Å²) in [5.41, 5.74) is 1.11. The molecule has 0 aliphatic rings. The maximum absolute atomic E-state index is 6.06. The Kier molecular flexibility index (Phi) is 4.10. The predicted octanol–water partition coefficient (Wildman–Crippen LogP) is 4.68. The van der Waals surface area contributed by atoms with Gasteiger partial charge in [0.05, 0.1) is 5.03 Å². The lowest BCUT2D eigenvalue weighted by Gasteiger charge is -2.03. The fraction of sp³-hybridized carbons (Fsp3) is 0.0833. The molecule has 4 heteroatoms. The maximum atomic E-state index is 6.06. The number of pyridine rings is 1. The van der Waals surface area contributed by atoms with Crippen molar-refractivity contribution in [2.75, 3.05) is 0 Å². The first-order valence-electron chi connectivity index (χ1n) is 4.74. The molecule has 0 radical (unpaired) electrons. The van der Waals surface area contributed by atoms with Crippen LogP contribution in [0.3, 0.4) is 0 Å². The van der Waals surface area contributed by atoms with Gasteiger partial charge in [-0.15, -0.1) is 11.8 Å². The minimum absolute atomic E-state index is 0.518. The van der Waals surface area contributed by atoms with Crippen LogP contribution in [0.1, 0.15) is 5.56 Å². The highest BCUT2D eigenvalue weighted by Gasteiger charge is 2.01. The molecule has 0 saturated heterocycles. The van der Waals surface area contributed by atoms with Gasteiger partial charge in [0.15, 0.2) is 0 Å². The maximum Gasteiger partial charge on any atom is 0.130 e. The number of aromatic nitrogens is 1. The summed E-state index contributed by atoms with van der Waals surface area (Å²) in [4.78, 5) is 4.20. The molecule has 1 nitrogen and oxygen atoms in total. The smallest absolute Gasteiger partial charge is 0.130 e. The van der Waals surface area contributed by atoms with Gasteiger partial charge in [0, 0.05) is 10.8 Å². The Morgan fingerprint density at radius 1 is 1.00 bits per heavy atom. The van der Waals surface area contributed by atoms with Crippen LogP contribution >= 0.6 is 35.0 Å². The van der Waals surface area contributed by atoms with Gasteiger partial charge in [-0.3, -0.25) is 0 Å². The molecule has 0 N–H and O–H groups in total. The Morgan fingerprint density at radius 3 is 2.56 bits per heavy atom. The molecular weight excluding hydrogens is 261 g/mol. The second-order valence-corrected chi connectivity index (χ2v) is 4.97. The predicted molar refractivity (Wildman–Crippen MR) is 70.3 cm³/mol. The quantitative estimate of drug-likeness (QED) is 0.593. The fourth-order valence-corrected chi connectivity index (χ4v) is 2.63. The Morgan fingerprint density at radius 2 is 1.81 bits per heavy atom. The molecular formula is C12H9Cl2NS. The Labute approximate surface area is 109 Å². The number of halogens is 2. The molecule has 0 aliphatic carbocycles. The first kappa shape index (κ1) is 11.8. The van der Waals surface area contributed by atoms with Crippen LogP contribution in [0.2, 0.25) is 10.2 Å². The van der Waals surface area contributed by atoms with E-state index in [2.05, 4.69) is 4.98 Å². The lowest BCUT2D eigenvalue weighted by molar-refractivity contribution is 1.13. The first-order valence-corrected chi connectivity index (χ1v) is 6.48. The SMILES string of the molecule is Clc1cccc(SCc2ccccc2Cl)n1. The second kappa shape index (κ2) is 5.58. The second-order valence-electron chi connectivity index (χ2n) is 3.18. The van der Waals surface area contributed by atoms with Crippen LogP contribution in [0.4, 0.5) is 0 Å². The molecule has 0 aliphatic heterocycles. The standard InChI is InChI=1S/C12H9Cl2NS/c13-10-5-2-1-4-9(10)8-16-12-7-3-6-11(14)15-12/h1-7H,8H2. The summed E-state index contributed by atoms with van der Waals surface area (Å²) in [5, 5.41) is 2.22. The van der Waals surface area contributed by atoms with E-state index in [0.29, 0.717) is 5.15 Å². The van der Waals surface area contributed by atoms with Crippen molar-refractivity contribution in [3.8, 4) is 0 Å². The van der Waals surface area contributed by atoms with Gasteiger partial charge in [-0.1, -0.05) is 47.5 Å². The molecule has 0 saturated carbocycles. The van der Waals surface area contributed by atoms with Gasteiger partial charge < -0.3 is 0 Å².